The first kappa shape index (κ1) is 72.3. The molecule has 5 aliphatic rings. The lowest BCUT2D eigenvalue weighted by Crippen LogP contribution is -2.48. The van der Waals surface area contributed by atoms with E-state index in [1.165, 1.54) is 30.8 Å². The van der Waals surface area contributed by atoms with Gasteiger partial charge in [0.1, 0.15) is 11.6 Å². The highest BCUT2D eigenvalue weighted by molar-refractivity contribution is 5.92. The van der Waals surface area contributed by atoms with Gasteiger partial charge in [0.2, 0.25) is 29.7 Å². The number of amides is 8. The summed E-state index contributed by atoms with van der Waals surface area (Å²) in [6, 6.07) is 29.9. The van der Waals surface area contributed by atoms with Crippen molar-refractivity contribution in [1.82, 2.24) is 75.9 Å². The molecule has 6 aromatic heterocycles. The van der Waals surface area contributed by atoms with E-state index >= 15 is 0 Å². The maximum absolute atomic E-state index is 14.6. The second-order valence-electron chi connectivity index (χ2n) is 26.2. The van der Waals surface area contributed by atoms with Crippen molar-refractivity contribution in [1.29, 1.82) is 0 Å². The third-order valence-electron chi connectivity index (χ3n) is 18.8. The van der Waals surface area contributed by atoms with Crippen molar-refractivity contribution < 1.29 is 33.5 Å². The highest BCUT2D eigenvalue weighted by atomic mass is 19.1. The maximum Gasteiger partial charge on any atom is 0.320 e. The minimum Gasteiger partial charge on any atom is -0.395 e. The second kappa shape index (κ2) is 34.9. The Kier molecular flexibility index (Phi) is 24.3. The molecule has 2 saturated carbocycles. The molecule has 3 saturated heterocycles. The Bertz CT molecular complexity index is 4430. The molecule has 9 aromatic rings. The van der Waals surface area contributed by atoms with Crippen molar-refractivity contribution in [2.75, 3.05) is 138 Å². The summed E-state index contributed by atoms with van der Waals surface area (Å²) in [4.78, 5) is 110. The molecule has 31 heteroatoms. The molecule has 0 spiro atoms. The molecular formula is C73H89FN24O6. The van der Waals surface area contributed by atoms with Crippen LogP contribution in [-0.2, 0) is 9.59 Å². The van der Waals surface area contributed by atoms with Crippen LogP contribution in [0.1, 0.15) is 83.6 Å². The monoisotopic (exact) mass is 1420 g/mol. The molecular weight excluding hydrogens is 1330 g/mol. The van der Waals surface area contributed by atoms with Gasteiger partial charge in [0.25, 0.3) is 0 Å². The van der Waals surface area contributed by atoms with Gasteiger partial charge in [-0.05, 0) is 135 Å². The Labute approximate surface area is 601 Å². The third-order valence-corrected chi connectivity index (χ3v) is 18.8. The van der Waals surface area contributed by atoms with Crippen molar-refractivity contribution in [2.45, 2.75) is 97.1 Å². The number of aliphatic hydroxyl groups is 1. The lowest BCUT2D eigenvalue weighted by Gasteiger charge is -2.35. The zero-order chi connectivity index (χ0) is 72.3. The zero-order valence-corrected chi connectivity index (χ0v) is 58.7. The molecule has 0 unspecified atom stereocenters. The van der Waals surface area contributed by atoms with Gasteiger partial charge in [0.15, 0.2) is 28.6 Å². The van der Waals surface area contributed by atoms with Crippen LogP contribution in [0.2, 0.25) is 0 Å². The lowest BCUT2D eigenvalue weighted by atomic mass is 9.96. The van der Waals surface area contributed by atoms with Crippen molar-refractivity contribution >= 4 is 132 Å². The summed E-state index contributed by atoms with van der Waals surface area (Å²) >= 11 is 0. The maximum atomic E-state index is 14.6. The fourth-order valence-electron chi connectivity index (χ4n) is 13.0. The van der Waals surface area contributed by atoms with E-state index < -0.39 is 17.9 Å². The van der Waals surface area contributed by atoms with E-state index in [1.54, 1.807) is 38.4 Å². The number of fused-ring (bicyclic) bond motifs is 3. The number of carbonyl (C=O) groups excluding carboxylic acids is 5. The fourth-order valence-corrected chi connectivity index (χ4v) is 13.0. The average Bonchev–Trinajstić information content (AvgIpc) is 0.807. The Morgan fingerprint density at radius 2 is 0.923 bits per heavy atom. The van der Waals surface area contributed by atoms with E-state index in [4.69, 9.17) is 5.11 Å². The zero-order valence-electron chi connectivity index (χ0n) is 58.7. The highest BCUT2D eigenvalue weighted by Gasteiger charge is 2.23. The van der Waals surface area contributed by atoms with Gasteiger partial charge >= 0.3 is 18.1 Å². The van der Waals surface area contributed by atoms with E-state index in [2.05, 4.69) is 137 Å². The van der Waals surface area contributed by atoms with E-state index in [-0.39, 0.29) is 54.5 Å². The predicted molar refractivity (Wildman–Crippen MR) is 402 cm³/mol. The minimum absolute atomic E-state index is 0.104. The smallest absolute Gasteiger partial charge is 0.320 e. The normalized spacial score (nSPS) is 15.7. The van der Waals surface area contributed by atoms with Gasteiger partial charge in [-0.15, -0.1) is 0 Å². The van der Waals surface area contributed by atoms with Crippen LogP contribution in [0.3, 0.4) is 0 Å². The summed E-state index contributed by atoms with van der Waals surface area (Å²) < 4.78 is 14.6. The van der Waals surface area contributed by atoms with Gasteiger partial charge in [-0.1, -0.05) is 38.5 Å². The number of urea groups is 3. The first-order valence-electron chi connectivity index (χ1n) is 35.6. The first-order valence-corrected chi connectivity index (χ1v) is 35.6. The molecule has 544 valence electrons. The molecule has 0 bridgehead atoms. The van der Waals surface area contributed by atoms with Gasteiger partial charge in [-0.25, -0.2) is 48.7 Å². The van der Waals surface area contributed by atoms with Gasteiger partial charge in [-0.3, -0.25) is 25.5 Å². The Morgan fingerprint density at radius 1 is 0.481 bits per heavy atom. The van der Waals surface area contributed by atoms with Crippen molar-refractivity contribution in [3.05, 3.63) is 127 Å². The van der Waals surface area contributed by atoms with Gasteiger partial charge < -0.3 is 66.8 Å². The number of halogens is 1. The molecule has 0 radical (unpaired) electrons. The van der Waals surface area contributed by atoms with Crippen LogP contribution in [0.25, 0.3) is 33.1 Å². The summed E-state index contributed by atoms with van der Waals surface area (Å²) in [7, 11) is 0. The number of rotatable bonds is 16. The van der Waals surface area contributed by atoms with Crippen LogP contribution < -0.4 is 67.9 Å². The largest absolute Gasteiger partial charge is 0.395 e. The molecule has 0 atom stereocenters. The highest BCUT2D eigenvalue weighted by Crippen LogP contribution is 2.28. The summed E-state index contributed by atoms with van der Waals surface area (Å²) in [5, 5.41) is 40.2. The molecule has 30 nitrogen and oxygen atoms in total. The van der Waals surface area contributed by atoms with E-state index in [0.29, 0.717) is 59.3 Å². The Morgan fingerprint density at radius 3 is 1.42 bits per heavy atom. The second-order valence-corrected chi connectivity index (χ2v) is 26.2. The van der Waals surface area contributed by atoms with Crippen LogP contribution in [-0.4, -0.2) is 193 Å². The number of pyridine rings is 3. The topological polar surface area (TPSA) is 358 Å². The summed E-state index contributed by atoms with van der Waals surface area (Å²) in [6.45, 7) is 15.3. The first-order chi connectivity index (χ1) is 50.6. The van der Waals surface area contributed by atoms with E-state index in [0.717, 1.165) is 162 Å². The van der Waals surface area contributed by atoms with Crippen LogP contribution in [0.15, 0.2) is 116 Å². The number of hydrogen-bond donors (Lipinski definition) is 11. The number of aryl methyl sites for hydroxylation is 1. The number of aromatic nitrogens is 9. The molecule has 14 rings (SSSR count). The Hall–Kier alpha value is -11.5. The SMILES string of the molecule is CC(=O)N1CCN(c2ccc(Nc3ncc4c(C)cc(NC(=O)NC5CCCCC5)nc4n3)cc2)CC1.CC(=O)N1CCN(c2ccc(Nc3ncc4cc(F)c(NC(=O)NC5CCCCC5)nc4n3)cc2)CC1.O=C(NCCO)Nc1ccc2cnc(Nc3ccc(N4CCNCC4)cc3)nc2n1. The number of hydrogen-bond acceptors (Lipinski definition) is 22. The number of carbonyl (C=O) groups is 5. The van der Waals surface area contributed by atoms with Crippen LogP contribution in [0, 0.1) is 12.7 Å². The van der Waals surface area contributed by atoms with E-state index in [9.17, 15) is 28.4 Å². The summed E-state index contributed by atoms with van der Waals surface area (Å²) in [6.07, 6.45) is 15.8. The van der Waals surface area contributed by atoms with Gasteiger partial charge in [-0.2, -0.15) is 15.0 Å². The molecule has 5 fully saturated rings. The number of benzene rings is 3. The molecule has 2 aliphatic carbocycles. The third kappa shape index (κ3) is 20.0. The standard InChI is InChI=1S/C27H34N8O2.C26H31FN8O2.C20H24N8O2/c1-18-16-24(32-27(37)30-20-6-4-3-5-7-20)31-25-23(18)17-28-26(33-25)29-21-8-10-22(11-9-21)35-14-12-34(13-15-35)19(2)36;1-17(36)34-11-13-35(14-12-34)21-9-7-20(8-10-21)29-25-28-16-18-15-22(27)24(31-23(18)32-25)33-26(37)30-19-5-3-2-4-6-19;29-12-9-22-20(30)26-17-6-1-14-13-23-19(27-18(14)25-17)24-15-2-4-16(5-3-15)28-10-7-21-8-11-28/h8-11,16-17,20H,3-7,12-15H2,1-2H3,(H3,28,29,30,31,32,33,37);7-10,15-16,19H,2-6,11-14H2,1H3,(H3,28,29,30,31,32,33,37);1-6,13,21,29H,7-12H2,(H3,22,23,24,25,26,27,30). The number of aliphatic hydroxyl groups excluding tert-OH is 1. The quantitative estimate of drug-likeness (QED) is 0.0429. The molecule has 9 heterocycles. The van der Waals surface area contributed by atoms with Crippen LogP contribution in [0.4, 0.5) is 88.2 Å². The number of piperazine rings is 3. The van der Waals surface area contributed by atoms with Crippen molar-refractivity contribution in [3.8, 4) is 0 Å². The van der Waals surface area contributed by atoms with E-state index in [1.807, 2.05) is 71.3 Å². The minimum atomic E-state index is -0.643. The van der Waals surface area contributed by atoms with Crippen molar-refractivity contribution in [3.63, 3.8) is 0 Å². The van der Waals surface area contributed by atoms with Crippen molar-refractivity contribution in [2.24, 2.45) is 0 Å². The number of nitrogens with zero attached hydrogens (tertiary/aromatic N) is 14. The molecule has 3 aromatic carbocycles. The number of nitrogens with one attached hydrogen (secondary N) is 10. The fraction of sp³-hybridized carbons (Fsp3) is 0.397. The molecule has 3 aliphatic heterocycles. The molecule has 11 N–H and O–H groups in total. The summed E-state index contributed by atoms with van der Waals surface area (Å²) in [5.41, 5.74) is 8.12. The van der Waals surface area contributed by atoms with Gasteiger partial charge in [0.05, 0.1) is 6.61 Å². The number of anilines is 12. The lowest BCUT2D eigenvalue weighted by molar-refractivity contribution is -0.129. The molecule has 8 amide bonds. The summed E-state index contributed by atoms with van der Waals surface area (Å²) in [5.74, 6) is 1.43. The van der Waals surface area contributed by atoms with Crippen LogP contribution in [0.5, 0.6) is 0 Å². The van der Waals surface area contributed by atoms with Crippen LogP contribution >= 0.6 is 0 Å². The Balaban J connectivity index is 0.000000148. The van der Waals surface area contributed by atoms with Gasteiger partial charge in [0, 0.05) is 180 Å². The average molecular weight is 1420 g/mol. The predicted octanol–water partition coefficient (Wildman–Crippen LogP) is 9.52. The molecule has 104 heavy (non-hydrogen) atoms.